The van der Waals surface area contributed by atoms with Crippen molar-refractivity contribution in [1.82, 2.24) is 19.9 Å². The van der Waals surface area contributed by atoms with Gasteiger partial charge >= 0.3 is 0 Å². The molecule has 0 aliphatic carbocycles. The fraction of sp³-hybridized carbons (Fsp3) is 0.467. The zero-order valence-electron chi connectivity index (χ0n) is 25.0. The van der Waals surface area contributed by atoms with Crippen LogP contribution in [0, 0.1) is 25.5 Å². The maximum atomic E-state index is 14.6. The Hall–Kier alpha value is -3.34. The molecule has 15 heteroatoms. The summed E-state index contributed by atoms with van der Waals surface area (Å²) in [4.78, 5) is 29.6. The number of ether oxygens (including phenoxy) is 2. The van der Waals surface area contributed by atoms with Crippen LogP contribution in [-0.4, -0.2) is 110 Å². The summed E-state index contributed by atoms with van der Waals surface area (Å²) in [5.74, 6) is -2.47. The van der Waals surface area contributed by atoms with E-state index in [4.69, 9.17) is 9.47 Å². The van der Waals surface area contributed by atoms with Gasteiger partial charge in [0.05, 0.1) is 24.9 Å². The van der Waals surface area contributed by atoms with Crippen LogP contribution in [-0.2, 0) is 19.1 Å². The number of anilines is 1. The van der Waals surface area contributed by atoms with Gasteiger partial charge in [0.25, 0.3) is 5.91 Å². The molecular formula is C30H34BrF2N5O7. The van der Waals surface area contributed by atoms with Gasteiger partial charge in [-0.25, -0.2) is 13.5 Å². The number of carbonyl (C=O) groups excluding carboxylic acids is 2. The number of aromatic nitrogens is 3. The first-order valence-corrected chi connectivity index (χ1v) is 15.0. The molecule has 2 fully saturated rings. The van der Waals surface area contributed by atoms with E-state index >= 15 is 0 Å². The van der Waals surface area contributed by atoms with Crippen molar-refractivity contribution in [2.24, 2.45) is 0 Å². The quantitative estimate of drug-likeness (QED) is 0.337. The zero-order valence-corrected chi connectivity index (χ0v) is 26.6. The highest BCUT2D eigenvalue weighted by molar-refractivity contribution is 9.10. The summed E-state index contributed by atoms with van der Waals surface area (Å²) >= 11 is 3.46. The Morgan fingerprint density at radius 1 is 1.13 bits per heavy atom. The predicted octanol–water partition coefficient (Wildman–Crippen LogP) is 1.90. The van der Waals surface area contributed by atoms with Gasteiger partial charge in [-0.2, -0.15) is 0 Å². The summed E-state index contributed by atoms with van der Waals surface area (Å²) in [5.41, 5.74) is 1.26. The summed E-state index contributed by atoms with van der Waals surface area (Å²) in [7, 11) is 1.31. The average Bonchev–Trinajstić information content (AvgIpc) is 3.62. The lowest BCUT2D eigenvalue weighted by Gasteiger charge is -2.45. The molecule has 3 heterocycles. The lowest BCUT2D eigenvalue weighted by Crippen LogP contribution is -2.63. The Bertz CT molecular complexity index is 1550. The number of methoxy groups -OCH3 is 1. The van der Waals surface area contributed by atoms with Gasteiger partial charge in [-0.05, 0) is 49.7 Å². The minimum Gasteiger partial charge on any atom is -0.394 e. The van der Waals surface area contributed by atoms with Crippen LogP contribution < -0.4 is 4.90 Å². The fourth-order valence-electron chi connectivity index (χ4n) is 5.96. The Kier molecular flexibility index (Phi) is 9.68. The Labute approximate surface area is 266 Å². The Balaban J connectivity index is 1.56. The molecule has 3 N–H and O–H groups in total. The van der Waals surface area contributed by atoms with E-state index in [0.29, 0.717) is 10.2 Å². The molecule has 5 rings (SSSR count). The number of halogens is 3. The number of aliphatic hydroxyl groups is 3. The van der Waals surface area contributed by atoms with Gasteiger partial charge in [-0.3, -0.25) is 9.59 Å². The van der Waals surface area contributed by atoms with Crippen LogP contribution in [0.25, 0.3) is 11.3 Å². The van der Waals surface area contributed by atoms with Gasteiger partial charge in [0.15, 0.2) is 6.10 Å². The molecule has 3 aromatic rings. The smallest absolute Gasteiger partial charge is 0.259 e. The van der Waals surface area contributed by atoms with E-state index in [2.05, 4.69) is 26.2 Å². The van der Waals surface area contributed by atoms with Crippen LogP contribution in [0.15, 0.2) is 41.0 Å². The molecule has 0 saturated carbocycles. The molecule has 2 aliphatic rings. The zero-order chi connectivity index (χ0) is 32.7. The standard InChI is InChI=1S/C30H34BrF2N5O7/c1-14-5-18(31)9-19(6-14)38(23-11-36(16(3)40)12-24(23)41)30(43)29-28(44-4)26(27(42)25(13-39)45-29)37-10-22(34-35-37)17-7-20(32)15(2)21(33)8-17/h5-10,23-29,39,41-42H,11-13H2,1-4H3/t23-,24-,25?,26?,27?,28?,29?/m0/s1. The van der Waals surface area contributed by atoms with Gasteiger partial charge in [-0.15, -0.1) is 5.10 Å². The van der Waals surface area contributed by atoms with Crippen molar-refractivity contribution in [3.63, 3.8) is 0 Å². The van der Waals surface area contributed by atoms with E-state index in [9.17, 15) is 33.7 Å². The van der Waals surface area contributed by atoms with E-state index in [1.54, 1.807) is 12.1 Å². The molecular weight excluding hydrogens is 660 g/mol. The van der Waals surface area contributed by atoms with Crippen molar-refractivity contribution in [1.29, 1.82) is 0 Å². The third kappa shape index (κ3) is 6.37. The molecule has 5 unspecified atom stereocenters. The number of aliphatic hydroxyl groups excluding tert-OH is 3. The minimum atomic E-state index is -1.45. The first-order valence-electron chi connectivity index (χ1n) is 14.2. The molecule has 0 radical (unpaired) electrons. The number of benzene rings is 2. The van der Waals surface area contributed by atoms with E-state index < -0.39 is 66.8 Å². The van der Waals surface area contributed by atoms with Crippen molar-refractivity contribution in [3.05, 3.63) is 63.8 Å². The van der Waals surface area contributed by atoms with Gasteiger partial charge in [-0.1, -0.05) is 21.1 Å². The maximum absolute atomic E-state index is 14.6. The van der Waals surface area contributed by atoms with Crippen molar-refractivity contribution < 1.29 is 43.2 Å². The largest absolute Gasteiger partial charge is 0.394 e. The number of rotatable bonds is 7. The molecule has 12 nitrogen and oxygen atoms in total. The molecule has 7 atom stereocenters. The molecule has 2 aliphatic heterocycles. The lowest BCUT2D eigenvalue weighted by atomic mass is 9.91. The Morgan fingerprint density at radius 3 is 2.40 bits per heavy atom. The number of nitrogens with zero attached hydrogens (tertiary/aromatic N) is 5. The molecule has 2 amide bonds. The summed E-state index contributed by atoms with van der Waals surface area (Å²) < 4.78 is 42.2. The van der Waals surface area contributed by atoms with E-state index in [1.807, 2.05) is 13.0 Å². The molecule has 2 saturated heterocycles. The topological polar surface area (TPSA) is 150 Å². The van der Waals surface area contributed by atoms with Gasteiger partial charge < -0.3 is 34.6 Å². The highest BCUT2D eigenvalue weighted by Gasteiger charge is 2.52. The fourth-order valence-corrected chi connectivity index (χ4v) is 6.56. The minimum absolute atomic E-state index is 0.0124. The number of amides is 2. The average molecular weight is 695 g/mol. The highest BCUT2D eigenvalue weighted by Crippen LogP contribution is 2.36. The number of aryl methyl sites for hydroxylation is 1. The second kappa shape index (κ2) is 13.2. The highest BCUT2D eigenvalue weighted by atomic mass is 79.9. The number of hydrogen-bond acceptors (Lipinski definition) is 9. The summed E-state index contributed by atoms with van der Waals surface area (Å²) in [5, 5.41) is 40.6. The monoisotopic (exact) mass is 693 g/mol. The van der Waals surface area contributed by atoms with Crippen molar-refractivity contribution in [3.8, 4) is 11.3 Å². The number of likely N-dealkylation sites (tertiary alicyclic amines) is 1. The molecule has 0 spiro atoms. The number of carbonyl (C=O) groups is 2. The van der Waals surface area contributed by atoms with Crippen molar-refractivity contribution >= 4 is 33.4 Å². The van der Waals surface area contributed by atoms with Crippen LogP contribution in [0.4, 0.5) is 14.5 Å². The van der Waals surface area contributed by atoms with E-state index in [1.165, 1.54) is 41.6 Å². The summed E-state index contributed by atoms with van der Waals surface area (Å²) in [6.45, 7) is 3.90. The maximum Gasteiger partial charge on any atom is 0.259 e. The third-order valence-corrected chi connectivity index (χ3v) is 8.81. The SMILES string of the molecule is COC1C(C(=O)N(c2cc(C)cc(Br)c2)[C@H]2CN(C(C)=O)C[C@@H]2O)OC(CO)C(O)C1n1cc(-c2cc(F)c(C)c(F)c2)nn1. The summed E-state index contributed by atoms with van der Waals surface area (Å²) in [6, 6.07) is 5.49. The van der Waals surface area contributed by atoms with Crippen LogP contribution >= 0.6 is 15.9 Å². The molecule has 1 aromatic heterocycles. The van der Waals surface area contributed by atoms with Crippen LogP contribution in [0.3, 0.4) is 0 Å². The van der Waals surface area contributed by atoms with Gasteiger partial charge in [0, 0.05) is 48.4 Å². The predicted molar refractivity (Wildman–Crippen MR) is 160 cm³/mol. The number of hydrogen-bond donors (Lipinski definition) is 3. The second-order valence-corrected chi connectivity index (χ2v) is 12.3. The van der Waals surface area contributed by atoms with Crippen LogP contribution in [0.1, 0.15) is 24.1 Å². The first kappa shape index (κ1) is 33.0. The summed E-state index contributed by atoms with van der Waals surface area (Å²) in [6.07, 6.45) is -5.12. The van der Waals surface area contributed by atoms with Crippen molar-refractivity contribution in [2.45, 2.75) is 63.4 Å². The second-order valence-electron chi connectivity index (χ2n) is 11.4. The third-order valence-electron chi connectivity index (χ3n) is 8.35. The van der Waals surface area contributed by atoms with Gasteiger partial charge in [0.1, 0.15) is 41.7 Å². The molecule has 45 heavy (non-hydrogen) atoms. The number of β-amino-alcohol motifs (C(OH)–C–C–N with tert-alkyl or cyclic N) is 1. The molecule has 0 bridgehead atoms. The Morgan fingerprint density at radius 2 is 1.82 bits per heavy atom. The van der Waals surface area contributed by atoms with Crippen LogP contribution in [0.2, 0.25) is 0 Å². The first-order chi connectivity index (χ1) is 21.3. The van der Waals surface area contributed by atoms with Crippen LogP contribution in [0.5, 0.6) is 0 Å². The van der Waals surface area contributed by atoms with E-state index in [0.717, 1.165) is 17.7 Å². The molecule has 242 valence electrons. The van der Waals surface area contributed by atoms with Gasteiger partial charge in [0.2, 0.25) is 5.91 Å². The molecule has 2 aromatic carbocycles. The van der Waals surface area contributed by atoms with Crippen molar-refractivity contribution in [2.75, 3.05) is 31.7 Å². The normalized spacial score (nSPS) is 26.7. The lowest BCUT2D eigenvalue weighted by molar-refractivity contribution is -0.211. The van der Waals surface area contributed by atoms with E-state index in [-0.39, 0.29) is 35.8 Å².